The van der Waals surface area contributed by atoms with Crippen molar-refractivity contribution in [1.29, 1.82) is 0 Å². The van der Waals surface area contributed by atoms with Crippen LogP contribution in [0, 0.1) is 12.7 Å². The molecule has 0 aliphatic rings. The van der Waals surface area contributed by atoms with Crippen LogP contribution in [0.2, 0.25) is 5.02 Å². The zero-order valence-electron chi connectivity index (χ0n) is 10.7. The van der Waals surface area contributed by atoms with Gasteiger partial charge in [0.2, 0.25) is 10.0 Å². The Kier molecular flexibility index (Phi) is 4.42. The van der Waals surface area contributed by atoms with Gasteiger partial charge in [0.15, 0.2) is 0 Å². The monoisotopic (exact) mass is 313 g/mol. The van der Waals surface area contributed by atoms with Crippen LogP contribution in [0.25, 0.3) is 0 Å². The Balaban J connectivity index is 2.22. The van der Waals surface area contributed by atoms with Crippen LogP contribution < -0.4 is 4.72 Å². The van der Waals surface area contributed by atoms with E-state index in [1.54, 1.807) is 24.3 Å². The molecule has 0 saturated heterocycles. The number of hydrogen-bond donors (Lipinski definition) is 1. The number of aryl methyl sites for hydroxylation is 1. The van der Waals surface area contributed by atoms with Gasteiger partial charge in [0.25, 0.3) is 0 Å². The molecule has 20 heavy (non-hydrogen) atoms. The molecule has 0 amide bonds. The molecule has 6 heteroatoms. The lowest BCUT2D eigenvalue weighted by Gasteiger charge is -2.09. The third-order valence-electron chi connectivity index (χ3n) is 2.79. The molecule has 2 aromatic rings. The molecule has 0 bridgehead atoms. The second-order valence-corrected chi connectivity index (χ2v) is 6.49. The first kappa shape index (κ1) is 15.0. The highest BCUT2D eigenvalue weighted by molar-refractivity contribution is 7.89. The van der Waals surface area contributed by atoms with Crippen molar-refractivity contribution < 1.29 is 12.8 Å². The molecule has 0 fully saturated rings. The number of sulfonamides is 1. The first-order chi connectivity index (χ1) is 9.40. The Morgan fingerprint density at radius 2 is 1.90 bits per heavy atom. The van der Waals surface area contributed by atoms with E-state index >= 15 is 0 Å². The van der Waals surface area contributed by atoms with Crippen LogP contribution in [-0.4, -0.2) is 8.42 Å². The van der Waals surface area contributed by atoms with Gasteiger partial charge in [-0.25, -0.2) is 17.5 Å². The molecule has 0 atom stereocenters. The van der Waals surface area contributed by atoms with E-state index in [1.807, 2.05) is 6.92 Å². The fourth-order valence-corrected chi connectivity index (χ4v) is 3.32. The van der Waals surface area contributed by atoms with Crippen molar-refractivity contribution in [2.24, 2.45) is 0 Å². The van der Waals surface area contributed by atoms with Gasteiger partial charge < -0.3 is 0 Å². The van der Waals surface area contributed by atoms with Gasteiger partial charge in [-0.05, 0) is 30.7 Å². The molecule has 0 spiro atoms. The van der Waals surface area contributed by atoms with Crippen molar-refractivity contribution in [3.63, 3.8) is 0 Å². The molecule has 0 aromatic heterocycles. The van der Waals surface area contributed by atoms with Crippen LogP contribution >= 0.6 is 11.6 Å². The Morgan fingerprint density at radius 1 is 1.20 bits per heavy atom. The van der Waals surface area contributed by atoms with Gasteiger partial charge in [-0.15, -0.1) is 0 Å². The molecule has 2 rings (SSSR count). The molecule has 0 aliphatic heterocycles. The molecule has 0 saturated carbocycles. The normalized spacial score (nSPS) is 11.6. The van der Waals surface area contributed by atoms with Gasteiger partial charge in [-0.2, -0.15) is 0 Å². The summed E-state index contributed by atoms with van der Waals surface area (Å²) in [7, 11) is -3.77. The molecular weight excluding hydrogens is 301 g/mol. The molecule has 1 N–H and O–H groups in total. The smallest absolute Gasteiger partial charge is 0.207 e. The van der Waals surface area contributed by atoms with Crippen LogP contribution in [0.15, 0.2) is 47.4 Å². The summed E-state index contributed by atoms with van der Waals surface area (Å²) in [5.41, 5.74) is 1.14. The second kappa shape index (κ2) is 5.91. The minimum Gasteiger partial charge on any atom is -0.207 e. The first-order valence-corrected chi connectivity index (χ1v) is 7.75. The highest BCUT2D eigenvalue weighted by atomic mass is 35.5. The Morgan fingerprint density at radius 3 is 2.55 bits per heavy atom. The minimum atomic E-state index is -3.77. The van der Waals surface area contributed by atoms with E-state index in [2.05, 4.69) is 4.72 Å². The number of halogens is 2. The van der Waals surface area contributed by atoms with Crippen molar-refractivity contribution in [3.8, 4) is 0 Å². The molecule has 3 nitrogen and oxygen atoms in total. The fraction of sp³-hybridized carbons (Fsp3) is 0.143. The van der Waals surface area contributed by atoms with E-state index in [0.29, 0.717) is 0 Å². The Hall–Kier alpha value is -1.43. The lowest BCUT2D eigenvalue weighted by atomic mass is 10.2. The maximum Gasteiger partial charge on any atom is 0.242 e. The van der Waals surface area contributed by atoms with Crippen LogP contribution in [-0.2, 0) is 16.6 Å². The Bertz CT molecular complexity index is 732. The van der Waals surface area contributed by atoms with Crippen LogP contribution in [0.4, 0.5) is 4.39 Å². The largest absolute Gasteiger partial charge is 0.242 e. The summed E-state index contributed by atoms with van der Waals surface area (Å²) in [5, 5.41) is 0.144. The SMILES string of the molecule is Cc1ccc(S(=O)(=O)NCc2ccccc2F)c(Cl)c1. The van der Waals surface area contributed by atoms with E-state index in [1.165, 1.54) is 18.2 Å². The summed E-state index contributed by atoms with van der Waals surface area (Å²) in [6.45, 7) is 1.69. The summed E-state index contributed by atoms with van der Waals surface area (Å²) < 4.78 is 40.0. The lowest BCUT2D eigenvalue weighted by Crippen LogP contribution is -2.24. The summed E-state index contributed by atoms with van der Waals surface area (Å²) >= 11 is 5.93. The number of hydrogen-bond acceptors (Lipinski definition) is 2. The molecule has 0 aliphatic carbocycles. The average molecular weight is 314 g/mol. The number of rotatable bonds is 4. The van der Waals surface area contributed by atoms with E-state index < -0.39 is 15.8 Å². The molecule has 0 unspecified atom stereocenters. The van der Waals surface area contributed by atoms with Gasteiger partial charge >= 0.3 is 0 Å². The zero-order chi connectivity index (χ0) is 14.8. The standard InChI is InChI=1S/C14H13ClFNO2S/c1-10-6-7-14(12(15)8-10)20(18,19)17-9-11-4-2-3-5-13(11)16/h2-8,17H,9H2,1H3. The topological polar surface area (TPSA) is 46.2 Å². The van der Waals surface area contributed by atoms with Crippen molar-refractivity contribution in [1.82, 2.24) is 4.72 Å². The second-order valence-electron chi connectivity index (χ2n) is 4.35. The molecule has 0 heterocycles. The molecule has 106 valence electrons. The maximum absolute atomic E-state index is 13.4. The van der Waals surface area contributed by atoms with Crippen molar-refractivity contribution >= 4 is 21.6 Å². The summed E-state index contributed by atoms with van der Waals surface area (Å²) in [6, 6.07) is 10.6. The van der Waals surface area contributed by atoms with Crippen molar-refractivity contribution in [2.45, 2.75) is 18.4 Å². The lowest BCUT2D eigenvalue weighted by molar-refractivity contribution is 0.574. The van der Waals surface area contributed by atoms with Crippen molar-refractivity contribution in [3.05, 3.63) is 64.4 Å². The third kappa shape index (κ3) is 3.36. The van der Waals surface area contributed by atoms with Crippen molar-refractivity contribution in [2.75, 3.05) is 0 Å². The Labute approximate surface area is 122 Å². The van der Waals surface area contributed by atoms with Gasteiger partial charge in [0.05, 0.1) is 5.02 Å². The molecule has 2 aromatic carbocycles. The van der Waals surface area contributed by atoms with E-state index in [0.717, 1.165) is 5.56 Å². The van der Waals surface area contributed by atoms with E-state index in [-0.39, 0.29) is 22.0 Å². The highest BCUT2D eigenvalue weighted by Crippen LogP contribution is 2.22. The summed E-state index contributed by atoms with van der Waals surface area (Å²) in [5.74, 6) is -0.454. The minimum absolute atomic E-state index is 0.0129. The number of nitrogens with one attached hydrogen (secondary N) is 1. The zero-order valence-corrected chi connectivity index (χ0v) is 12.3. The van der Waals surface area contributed by atoms with Crippen LogP contribution in [0.1, 0.15) is 11.1 Å². The predicted molar refractivity (Wildman–Crippen MR) is 76.6 cm³/mol. The first-order valence-electron chi connectivity index (χ1n) is 5.89. The van der Waals surface area contributed by atoms with Crippen LogP contribution in [0.5, 0.6) is 0 Å². The van der Waals surface area contributed by atoms with Crippen LogP contribution in [0.3, 0.4) is 0 Å². The summed E-state index contributed by atoms with van der Waals surface area (Å²) in [6.07, 6.45) is 0. The van der Waals surface area contributed by atoms with Gasteiger partial charge in [0, 0.05) is 12.1 Å². The summed E-state index contributed by atoms with van der Waals surface area (Å²) in [4.78, 5) is -0.0129. The quantitative estimate of drug-likeness (QED) is 0.941. The fourth-order valence-electron chi connectivity index (χ4n) is 1.72. The van der Waals surface area contributed by atoms with Gasteiger partial charge in [0.1, 0.15) is 10.7 Å². The van der Waals surface area contributed by atoms with E-state index in [4.69, 9.17) is 11.6 Å². The highest BCUT2D eigenvalue weighted by Gasteiger charge is 2.18. The number of benzene rings is 2. The van der Waals surface area contributed by atoms with E-state index in [9.17, 15) is 12.8 Å². The average Bonchev–Trinajstić information content (AvgIpc) is 2.37. The molecule has 0 radical (unpaired) electrons. The predicted octanol–water partition coefficient (Wildman–Crippen LogP) is 3.27. The van der Waals surface area contributed by atoms with Gasteiger partial charge in [-0.3, -0.25) is 0 Å². The maximum atomic E-state index is 13.4. The molecular formula is C14H13ClFNO2S. The third-order valence-corrected chi connectivity index (χ3v) is 4.67. The van der Waals surface area contributed by atoms with Gasteiger partial charge in [-0.1, -0.05) is 35.9 Å².